The molecule has 1 fully saturated rings. The summed E-state index contributed by atoms with van der Waals surface area (Å²) in [5.74, 6) is -2.12. The van der Waals surface area contributed by atoms with Crippen LogP contribution in [0.25, 0.3) is 21.9 Å². The molecule has 270 valence electrons. The molecule has 52 heavy (non-hydrogen) atoms. The van der Waals surface area contributed by atoms with E-state index in [4.69, 9.17) is 9.47 Å². The molecule has 11 heteroatoms. The molecular formula is C41H44N4O7. The number of alkyl carbamates (subject to hydrolysis) is 1. The Kier molecular flexibility index (Phi) is 10.9. The maximum absolute atomic E-state index is 13.6. The van der Waals surface area contributed by atoms with Gasteiger partial charge in [0.2, 0.25) is 17.7 Å². The summed E-state index contributed by atoms with van der Waals surface area (Å²) in [6, 6.07) is 25.2. The number of esters is 1. The van der Waals surface area contributed by atoms with Gasteiger partial charge in [0, 0.05) is 17.8 Å². The van der Waals surface area contributed by atoms with Gasteiger partial charge in [-0.2, -0.15) is 0 Å². The van der Waals surface area contributed by atoms with E-state index in [9.17, 15) is 24.0 Å². The highest BCUT2D eigenvalue weighted by atomic mass is 16.5. The smallest absolute Gasteiger partial charge is 0.407 e. The molecule has 1 heterocycles. The lowest BCUT2D eigenvalue weighted by molar-refractivity contribution is -0.144. The van der Waals surface area contributed by atoms with Crippen molar-refractivity contribution in [2.75, 3.05) is 13.2 Å². The molecule has 2 aliphatic rings. The molecule has 11 nitrogen and oxygen atoms in total. The van der Waals surface area contributed by atoms with E-state index < -0.39 is 54.0 Å². The van der Waals surface area contributed by atoms with Gasteiger partial charge in [0.15, 0.2) is 0 Å². The van der Waals surface area contributed by atoms with Crippen LogP contribution in [0.3, 0.4) is 0 Å². The molecule has 1 saturated heterocycles. The molecule has 1 aliphatic heterocycles. The standard InChI is InChI=1S/C41H44N4O7/c1-24(2)36(40(49)52-35-21-11-14-27-13-5-6-15-28(27)35)44-38(47)34-20-12-22-45(34)39(48)26(4)42-37(46)25(3)43-41(50)51-23-33-31-18-9-7-16-29(31)30-17-8-10-19-32(30)33/h5-11,13-19,21,24-26,33-34,36H,12,20,22-23H2,1-4H3,(H,42,46)(H,43,50)(H,44,47). The van der Waals surface area contributed by atoms with Gasteiger partial charge >= 0.3 is 12.1 Å². The van der Waals surface area contributed by atoms with Crippen LogP contribution in [0, 0.1) is 5.92 Å². The Balaban J connectivity index is 1.01. The zero-order chi connectivity index (χ0) is 36.9. The van der Waals surface area contributed by atoms with E-state index in [1.54, 1.807) is 12.1 Å². The molecular weight excluding hydrogens is 660 g/mol. The van der Waals surface area contributed by atoms with Crippen molar-refractivity contribution in [3.63, 3.8) is 0 Å². The highest BCUT2D eigenvalue weighted by molar-refractivity contribution is 5.96. The van der Waals surface area contributed by atoms with Crippen molar-refractivity contribution in [1.29, 1.82) is 0 Å². The number of fused-ring (bicyclic) bond motifs is 4. The Morgan fingerprint density at radius 3 is 2.08 bits per heavy atom. The molecule has 4 aromatic rings. The van der Waals surface area contributed by atoms with Crippen LogP contribution in [0.4, 0.5) is 4.79 Å². The number of carbonyl (C=O) groups is 5. The van der Waals surface area contributed by atoms with Crippen molar-refractivity contribution in [3.8, 4) is 16.9 Å². The van der Waals surface area contributed by atoms with Crippen LogP contribution in [-0.4, -0.2) is 72.0 Å². The zero-order valence-electron chi connectivity index (χ0n) is 29.8. The van der Waals surface area contributed by atoms with Gasteiger partial charge in [0.1, 0.15) is 36.5 Å². The van der Waals surface area contributed by atoms with E-state index in [2.05, 4.69) is 16.0 Å². The number of carbonyl (C=O) groups excluding carboxylic acids is 5. The Morgan fingerprint density at radius 1 is 0.750 bits per heavy atom. The van der Waals surface area contributed by atoms with Gasteiger partial charge in [-0.05, 0) is 66.3 Å². The molecule has 4 amide bonds. The Labute approximate surface area is 303 Å². The van der Waals surface area contributed by atoms with E-state index in [-0.39, 0.29) is 18.4 Å². The summed E-state index contributed by atoms with van der Waals surface area (Å²) < 4.78 is 11.3. The maximum atomic E-state index is 13.6. The van der Waals surface area contributed by atoms with Crippen LogP contribution >= 0.6 is 0 Å². The van der Waals surface area contributed by atoms with Crippen LogP contribution < -0.4 is 20.7 Å². The molecule has 0 bridgehead atoms. The topological polar surface area (TPSA) is 143 Å². The first kappa shape index (κ1) is 36.1. The Bertz CT molecular complexity index is 1940. The first-order valence-corrected chi connectivity index (χ1v) is 17.8. The minimum atomic E-state index is -0.997. The van der Waals surface area contributed by atoms with Crippen LogP contribution in [-0.2, 0) is 23.9 Å². The summed E-state index contributed by atoms with van der Waals surface area (Å²) in [6.07, 6.45) is 0.233. The second-order valence-corrected chi connectivity index (χ2v) is 13.7. The number of benzene rings is 4. The first-order valence-electron chi connectivity index (χ1n) is 17.8. The summed E-state index contributed by atoms with van der Waals surface area (Å²) in [7, 11) is 0. The minimum absolute atomic E-state index is 0.0973. The molecule has 4 aromatic carbocycles. The zero-order valence-corrected chi connectivity index (χ0v) is 29.8. The fourth-order valence-electron chi connectivity index (χ4n) is 7.04. The van der Waals surface area contributed by atoms with Gasteiger partial charge in [-0.3, -0.25) is 14.4 Å². The highest BCUT2D eigenvalue weighted by Crippen LogP contribution is 2.44. The van der Waals surface area contributed by atoms with Crippen molar-refractivity contribution in [2.24, 2.45) is 5.92 Å². The van der Waals surface area contributed by atoms with Gasteiger partial charge in [0.05, 0.1) is 0 Å². The van der Waals surface area contributed by atoms with Crippen molar-refractivity contribution in [3.05, 3.63) is 102 Å². The molecule has 6 rings (SSSR count). The number of amides is 4. The lowest BCUT2D eigenvalue weighted by Gasteiger charge is -2.29. The number of likely N-dealkylation sites (tertiary alicyclic amines) is 1. The summed E-state index contributed by atoms with van der Waals surface area (Å²) in [5.41, 5.74) is 4.36. The summed E-state index contributed by atoms with van der Waals surface area (Å²) in [4.78, 5) is 67.7. The van der Waals surface area contributed by atoms with Crippen LogP contribution in [0.5, 0.6) is 5.75 Å². The highest BCUT2D eigenvalue weighted by Gasteiger charge is 2.39. The van der Waals surface area contributed by atoms with E-state index in [0.29, 0.717) is 25.1 Å². The molecule has 1 aliphatic carbocycles. The lowest BCUT2D eigenvalue weighted by Crippen LogP contribution is -2.57. The van der Waals surface area contributed by atoms with Gasteiger partial charge in [-0.1, -0.05) is 98.8 Å². The molecule has 3 N–H and O–H groups in total. The lowest BCUT2D eigenvalue weighted by atomic mass is 9.98. The monoisotopic (exact) mass is 704 g/mol. The molecule has 0 spiro atoms. The summed E-state index contributed by atoms with van der Waals surface area (Å²) in [5, 5.41) is 9.73. The van der Waals surface area contributed by atoms with Gasteiger partial charge in [0.25, 0.3) is 0 Å². The van der Waals surface area contributed by atoms with E-state index >= 15 is 0 Å². The first-order chi connectivity index (χ1) is 25.0. The SMILES string of the molecule is CC(NC(=O)OCC1c2ccccc2-c2ccccc21)C(=O)NC(C)C(=O)N1CCCC1C(=O)NC(C(=O)Oc1cccc2ccccc12)C(C)C. The number of ether oxygens (including phenoxy) is 2. The van der Waals surface area contributed by atoms with Gasteiger partial charge in [-0.15, -0.1) is 0 Å². The Hall–Kier alpha value is -5.71. The number of hydrogen-bond acceptors (Lipinski definition) is 7. The molecule has 4 unspecified atom stereocenters. The average molecular weight is 705 g/mol. The maximum Gasteiger partial charge on any atom is 0.407 e. The number of rotatable bonds is 11. The number of nitrogens with one attached hydrogen (secondary N) is 3. The van der Waals surface area contributed by atoms with E-state index in [1.165, 1.54) is 18.7 Å². The van der Waals surface area contributed by atoms with Crippen LogP contribution in [0.2, 0.25) is 0 Å². The molecule has 4 atom stereocenters. The number of hydrogen-bond donors (Lipinski definition) is 3. The van der Waals surface area contributed by atoms with E-state index in [0.717, 1.165) is 33.0 Å². The van der Waals surface area contributed by atoms with Crippen molar-refractivity contribution in [1.82, 2.24) is 20.9 Å². The van der Waals surface area contributed by atoms with Gasteiger partial charge < -0.3 is 30.3 Å². The molecule has 0 saturated carbocycles. The second kappa shape index (κ2) is 15.7. The average Bonchev–Trinajstić information content (AvgIpc) is 3.76. The third kappa shape index (κ3) is 7.63. The predicted molar refractivity (Wildman–Crippen MR) is 196 cm³/mol. The van der Waals surface area contributed by atoms with Crippen LogP contribution in [0.15, 0.2) is 91.0 Å². The Morgan fingerprint density at radius 2 is 1.38 bits per heavy atom. The number of nitrogens with zero attached hydrogens (tertiary/aromatic N) is 1. The van der Waals surface area contributed by atoms with Crippen LogP contribution in [0.1, 0.15) is 57.6 Å². The van der Waals surface area contributed by atoms with E-state index in [1.807, 2.05) is 92.7 Å². The van der Waals surface area contributed by atoms with Crippen molar-refractivity contribution < 1.29 is 33.4 Å². The third-order valence-electron chi connectivity index (χ3n) is 9.82. The van der Waals surface area contributed by atoms with Crippen molar-refractivity contribution in [2.45, 2.75) is 70.6 Å². The largest absolute Gasteiger partial charge is 0.449 e. The third-order valence-corrected chi connectivity index (χ3v) is 9.82. The fourth-order valence-corrected chi connectivity index (χ4v) is 7.04. The fraction of sp³-hybridized carbons (Fsp3) is 0.341. The quantitative estimate of drug-likeness (QED) is 0.142. The van der Waals surface area contributed by atoms with Crippen molar-refractivity contribution >= 4 is 40.6 Å². The minimum Gasteiger partial charge on any atom is -0.449 e. The molecule has 0 radical (unpaired) electrons. The normalized spacial score (nSPS) is 16.7. The summed E-state index contributed by atoms with van der Waals surface area (Å²) >= 11 is 0. The van der Waals surface area contributed by atoms with Gasteiger partial charge in [-0.25, -0.2) is 9.59 Å². The second-order valence-electron chi connectivity index (χ2n) is 13.7. The summed E-state index contributed by atoms with van der Waals surface area (Å²) in [6.45, 7) is 7.07. The predicted octanol–water partition coefficient (Wildman–Crippen LogP) is 5.31. The molecule has 0 aromatic heterocycles.